The molecule has 2 amide bonds. The second-order valence-corrected chi connectivity index (χ2v) is 8.83. The van der Waals surface area contributed by atoms with Crippen LogP contribution in [-0.4, -0.2) is 57.8 Å². The summed E-state index contributed by atoms with van der Waals surface area (Å²) in [5, 5.41) is 12.0. The summed E-state index contributed by atoms with van der Waals surface area (Å²) in [7, 11) is 0. The topological polar surface area (TPSA) is 89.3 Å². The Labute approximate surface area is 183 Å². The molecule has 2 aliphatic heterocycles. The minimum Gasteiger partial charge on any atom is -0.381 e. The Kier molecular flexibility index (Phi) is 6.36. The van der Waals surface area contributed by atoms with Crippen molar-refractivity contribution < 1.29 is 14.3 Å². The third-order valence-electron chi connectivity index (χ3n) is 6.15. The normalized spacial score (nSPS) is 19.7. The van der Waals surface area contributed by atoms with E-state index in [2.05, 4.69) is 33.9 Å². The zero-order valence-corrected chi connectivity index (χ0v) is 18.5. The Morgan fingerprint density at radius 2 is 2.03 bits per heavy atom. The third kappa shape index (κ3) is 4.63. The summed E-state index contributed by atoms with van der Waals surface area (Å²) in [5.74, 6) is 1.74. The van der Waals surface area contributed by atoms with Crippen LogP contribution in [0.3, 0.4) is 0 Å². The number of nitrogens with one attached hydrogen (secondary N) is 1. The molecule has 1 aromatic carbocycles. The number of aryl methyl sites for hydroxylation is 1. The van der Waals surface area contributed by atoms with E-state index in [1.807, 2.05) is 36.1 Å². The number of carbonyl (C=O) groups is 2. The second-order valence-electron chi connectivity index (χ2n) is 8.83. The van der Waals surface area contributed by atoms with Crippen LogP contribution in [0.1, 0.15) is 53.9 Å². The number of aromatic nitrogens is 3. The predicted molar refractivity (Wildman–Crippen MR) is 115 cm³/mol. The molecule has 2 aliphatic rings. The summed E-state index contributed by atoms with van der Waals surface area (Å²) in [6.07, 6.45) is 1.39. The average molecular weight is 426 g/mol. The van der Waals surface area contributed by atoms with Gasteiger partial charge in [0.1, 0.15) is 5.82 Å². The van der Waals surface area contributed by atoms with Gasteiger partial charge < -0.3 is 19.5 Å². The van der Waals surface area contributed by atoms with E-state index < -0.39 is 0 Å². The molecule has 31 heavy (non-hydrogen) atoms. The van der Waals surface area contributed by atoms with E-state index in [4.69, 9.17) is 4.74 Å². The van der Waals surface area contributed by atoms with Crippen molar-refractivity contribution in [3.63, 3.8) is 0 Å². The van der Waals surface area contributed by atoms with Gasteiger partial charge in [0.05, 0.1) is 18.6 Å². The Bertz CT molecular complexity index is 948. The van der Waals surface area contributed by atoms with E-state index in [0.717, 1.165) is 23.6 Å². The number of hydrogen-bond acceptors (Lipinski definition) is 5. The lowest BCUT2D eigenvalue weighted by molar-refractivity contribution is -0.126. The molecule has 2 unspecified atom stereocenters. The van der Waals surface area contributed by atoms with Crippen LogP contribution in [0.15, 0.2) is 24.3 Å². The van der Waals surface area contributed by atoms with Gasteiger partial charge in [-0.05, 0) is 31.4 Å². The maximum Gasteiger partial charge on any atom is 0.253 e. The zero-order valence-electron chi connectivity index (χ0n) is 18.5. The molecule has 1 fully saturated rings. The van der Waals surface area contributed by atoms with Crippen LogP contribution < -0.4 is 5.32 Å². The number of hydrogen-bond donors (Lipinski definition) is 1. The largest absolute Gasteiger partial charge is 0.381 e. The van der Waals surface area contributed by atoms with Crippen molar-refractivity contribution in [3.8, 4) is 0 Å². The van der Waals surface area contributed by atoms with Crippen LogP contribution in [0, 0.1) is 18.8 Å². The summed E-state index contributed by atoms with van der Waals surface area (Å²) in [5.41, 5.74) is 1.78. The number of rotatable bonds is 5. The van der Waals surface area contributed by atoms with Gasteiger partial charge in [-0.25, -0.2) is 0 Å². The van der Waals surface area contributed by atoms with Crippen LogP contribution in [0.5, 0.6) is 0 Å². The SMILES string of the molecule is Cc1cccc(C(=O)N2CCc3nnc(C(NC(=O)C4CCOC4)C(C)C)n3CC2)c1. The van der Waals surface area contributed by atoms with Gasteiger partial charge in [-0.2, -0.15) is 0 Å². The highest BCUT2D eigenvalue weighted by molar-refractivity contribution is 5.94. The molecule has 4 rings (SSSR count). The van der Waals surface area contributed by atoms with E-state index in [1.165, 1.54) is 0 Å². The summed E-state index contributed by atoms with van der Waals surface area (Å²) in [6.45, 7) is 9.04. The molecule has 2 aromatic rings. The first kappa shape index (κ1) is 21.5. The standard InChI is InChI=1S/C23H31N5O3/c1-15(2)20(24-22(29)18-8-12-31-14-18)21-26-25-19-7-9-27(10-11-28(19)21)23(30)17-6-4-5-16(3)13-17/h4-6,13,15,18,20H,7-12,14H2,1-3H3,(H,24,29). The lowest BCUT2D eigenvalue weighted by atomic mass is 10.0. The number of amides is 2. The molecule has 0 aliphatic carbocycles. The zero-order chi connectivity index (χ0) is 22.0. The molecule has 0 saturated carbocycles. The molecule has 0 radical (unpaired) electrons. The Morgan fingerprint density at radius 1 is 1.19 bits per heavy atom. The second kappa shape index (κ2) is 9.18. The van der Waals surface area contributed by atoms with Crippen LogP contribution >= 0.6 is 0 Å². The van der Waals surface area contributed by atoms with E-state index in [-0.39, 0.29) is 29.7 Å². The molecule has 8 nitrogen and oxygen atoms in total. The van der Waals surface area contributed by atoms with E-state index in [1.54, 1.807) is 0 Å². The lowest BCUT2D eigenvalue weighted by Crippen LogP contribution is -2.38. The smallest absolute Gasteiger partial charge is 0.253 e. The van der Waals surface area contributed by atoms with Gasteiger partial charge in [0, 0.05) is 38.2 Å². The van der Waals surface area contributed by atoms with Gasteiger partial charge in [-0.1, -0.05) is 31.5 Å². The van der Waals surface area contributed by atoms with Crippen LogP contribution in [0.2, 0.25) is 0 Å². The molecule has 3 heterocycles. The molecule has 1 N–H and O–H groups in total. The number of fused-ring (bicyclic) bond motifs is 1. The van der Waals surface area contributed by atoms with E-state index in [0.29, 0.717) is 44.8 Å². The van der Waals surface area contributed by atoms with Gasteiger partial charge in [0.25, 0.3) is 5.91 Å². The monoisotopic (exact) mass is 425 g/mol. The number of carbonyl (C=O) groups excluding carboxylic acids is 2. The fourth-order valence-corrected chi connectivity index (χ4v) is 4.28. The Morgan fingerprint density at radius 3 is 2.74 bits per heavy atom. The Balaban J connectivity index is 1.49. The van der Waals surface area contributed by atoms with Crippen LogP contribution in [-0.2, 0) is 22.5 Å². The third-order valence-corrected chi connectivity index (χ3v) is 6.15. The summed E-state index contributed by atoms with van der Waals surface area (Å²) >= 11 is 0. The number of benzene rings is 1. The first-order chi connectivity index (χ1) is 14.9. The van der Waals surface area contributed by atoms with Gasteiger partial charge in [-0.3, -0.25) is 9.59 Å². The molecule has 1 aromatic heterocycles. The van der Waals surface area contributed by atoms with Crippen molar-refractivity contribution >= 4 is 11.8 Å². The summed E-state index contributed by atoms with van der Waals surface area (Å²) in [6, 6.07) is 7.47. The van der Waals surface area contributed by atoms with Gasteiger partial charge in [0.2, 0.25) is 5.91 Å². The average Bonchev–Trinajstić information content (AvgIpc) is 3.38. The maximum absolute atomic E-state index is 13.0. The Hall–Kier alpha value is -2.74. The highest BCUT2D eigenvalue weighted by Gasteiger charge is 2.31. The molecule has 0 spiro atoms. The molecule has 166 valence electrons. The highest BCUT2D eigenvalue weighted by Crippen LogP contribution is 2.24. The van der Waals surface area contributed by atoms with Crippen molar-refractivity contribution in [2.24, 2.45) is 11.8 Å². The molecule has 8 heteroatoms. The van der Waals surface area contributed by atoms with Crippen molar-refractivity contribution in [2.75, 3.05) is 26.3 Å². The quantitative estimate of drug-likeness (QED) is 0.793. The van der Waals surface area contributed by atoms with Crippen molar-refractivity contribution in [1.29, 1.82) is 0 Å². The minimum absolute atomic E-state index is 0.0124. The van der Waals surface area contributed by atoms with Crippen molar-refractivity contribution in [2.45, 2.75) is 46.2 Å². The lowest BCUT2D eigenvalue weighted by Gasteiger charge is -2.24. The first-order valence-electron chi connectivity index (χ1n) is 11.1. The minimum atomic E-state index is -0.228. The van der Waals surface area contributed by atoms with E-state index >= 15 is 0 Å². The number of ether oxygens (including phenoxy) is 1. The maximum atomic E-state index is 13.0. The molecule has 1 saturated heterocycles. The van der Waals surface area contributed by atoms with Crippen LogP contribution in [0.25, 0.3) is 0 Å². The predicted octanol–water partition coefficient (Wildman–Crippen LogP) is 2.13. The van der Waals surface area contributed by atoms with Gasteiger partial charge in [-0.15, -0.1) is 10.2 Å². The van der Waals surface area contributed by atoms with Crippen molar-refractivity contribution in [1.82, 2.24) is 25.0 Å². The first-order valence-corrected chi connectivity index (χ1v) is 11.1. The van der Waals surface area contributed by atoms with Gasteiger partial charge >= 0.3 is 0 Å². The molecular weight excluding hydrogens is 394 g/mol. The fourth-order valence-electron chi connectivity index (χ4n) is 4.28. The van der Waals surface area contributed by atoms with Crippen LogP contribution in [0.4, 0.5) is 0 Å². The fraction of sp³-hybridized carbons (Fsp3) is 0.565. The summed E-state index contributed by atoms with van der Waals surface area (Å²) in [4.78, 5) is 27.6. The molecular formula is C23H31N5O3. The van der Waals surface area contributed by atoms with E-state index in [9.17, 15) is 9.59 Å². The molecule has 2 atom stereocenters. The summed E-state index contributed by atoms with van der Waals surface area (Å²) < 4.78 is 7.45. The van der Waals surface area contributed by atoms with Crippen molar-refractivity contribution in [3.05, 3.63) is 47.0 Å². The van der Waals surface area contributed by atoms with Gasteiger partial charge in [0.15, 0.2) is 5.82 Å². The molecule has 0 bridgehead atoms. The highest BCUT2D eigenvalue weighted by atomic mass is 16.5. The number of nitrogens with zero attached hydrogens (tertiary/aromatic N) is 4.